The highest BCUT2D eigenvalue weighted by Crippen LogP contribution is 2.19. The second-order valence-electron chi connectivity index (χ2n) is 5.57. The van der Waals surface area contributed by atoms with E-state index >= 15 is 0 Å². The molecule has 0 saturated carbocycles. The Bertz CT molecular complexity index is 692. The first-order chi connectivity index (χ1) is 11.4. The molecule has 0 saturated heterocycles. The maximum absolute atomic E-state index is 13.7. The number of ether oxygens (including phenoxy) is 1. The van der Waals surface area contributed by atoms with Crippen molar-refractivity contribution in [2.24, 2.45) is 0 Å². The van der Waals surface area contributed by atoms with E-state index in [1.807, 2.05) is 43.1 Å². The van der Waals surface area contributed by atoms with Gasteiger partial charge in [-0.05, 0) is 44.3 Å². The van der Waals surface area contributed by atoms with E-state index < -0.39 is 5.82 Å². The molecule has 6 heteroatoms. The Hall–Kier alpha value is -1.92. The standard InChI is InChI=1S/C18H20BrFN2O2/c1-13-3-6-15(7-4-13)24-10-9-22(2)12-18(23)21-17-8-5-14(19)11-16(17)20/h3-8,11H,9-10,12H2,1-2H3,(H,21,23). The van der Waals surface area contributed by atoms with Crippen LogP contribution in [0, 0.1) is 12.7 Å². The van der Waals surface area contributed by atoms with Gasteiger partial charge in [0, 0.05) is 11.0 Å². The van der Waals surface area contributed by atoms with Gasteiger partial charge in [0.25, 0.3) is 0 Å². The number of amides is 1. The Labute approximate surface area is 149 Å². The van der Waals surface area contributed by atoms with Crippen LogP contribution in [0.1, 0.15) is 5.56 Å². The molecule has 0 fully saturated rings. The number of nitrogens with zero attached hydrogens (tertiary/aromatic N) is 1. The van der Waals surface area contributed by atoms with E-state index in [0.717, 1.165) is 5.75 Å². The number of rotatable bonds is 7. The molecule has 24 heavy (non-hydrogen) atoms. The lowest BCUT2D eigenvalue weighted by molar-refractivity contribution is -0.117. The monoisotopic (exact) mass is 394 g/mol. The van der Waals surface area contributed by atoms with Crippen molar-refractivity contribution < 1.29 is 13.9 Å². The number of likely N-dealkylation sites (N-methyl/N-ethyl adjacent to an activating group) is 1. The predicted octanol–water partition coefficient (Wildman–Crippen LogP) is 3.85. The SMILES string of the molecule is Cc1ccc(OCCN(C)CC(=O)Nc2ccc(Br)cc2F)cc1. The Morgan fingerprint density at radius 2 is 1.96 bits per heavy atom. The number of benzene rings is 2. The Balaban J connectivity index is 1.74. The summed E-state index contributed by atoms with van der Waals surface area (Å²) in [5.74, 6) is 0.0625. The summed E-state index contributed by atoms with van der Waals surface area (Å²) in [6, 6.07) is 12.3. The van der Waals surface area contributed by atoms with Crippen LogP contribution in [0.5, 0.6) is 5.75 Å². The zero-order valence-corrected chi connectivity index (χ0v) is 15.3. The Morgan fingerprint density at radius 3 is 2.62 bits per heavy atom. The Kier molecular flexibility index (Phi) is 6.75. The van der Waals surface area contributed by atoms with Crippen LogP contribution in [-0.2, 0) is 4.79 Å². The molecule has 1 amide bonds. The third-order valence-corrected chi connectivity index (χ3v) is 3.87. The van der Waals surface area contributed by atoms with Crippen LogP contribution in [0.3, 0.4) is 0 Å². The average Bonchev–Trinajstić information content (AvgIpc) is 2.52. The van der Waals surface area contributed by atoms with Gasteiger partial charge in [-0.15, -0.1) is 0 Å². The maximum Gasteiger partial charge on any atom is 0.238 e. The number of hydrogen-bond donors (Lipinski definition) is 1. The normalized spacial score (nSPS) is 10.7. The highest BCUT2D eigenvalue weighted by molar-refractivity contribution is 9.10. The van der Waals surface area contributed by atoms with Gasteiger partial charge in [0.15, 0.2) is 0 Å². The van der Waals surface area contributed by atoms with Crippen molar-refractivity contribution in [2.75, 3.05) is 32.1 Å². The molecule has 0 aliphatic heterocycles. The lowest BCUT2D eigenvalue weighted by Crippen LogP contribution is -2.33. The molecular formula is C18H20BrFN2O2. The molecule has 4 nitrogen and oxygen atoms in total. The van der Waals surface area contributed by atoms with Crippen molar-refractivity contribution in [3.8, 4) is 5.75 Å². The van der Waals surface area contributed by atoms with Gasteiger partial charge in [-0.2, -0.15) is 0 Å². The molecule has 128 valence electrons. The van der Waals surface area contributed by atoms with Gasteiger partial charge in [-0.25, -0.2) is 4.39 Å². The summed E-state index contributed by atoms with van der Waals surface area (Å²) in [5, 5.41) is 2.57. The van der Waals surface area contributed by atoms with Gasteiger partial charge in [0.05, 0.1) is 12.2 Å². The number of carbonyl (C=O) groups excluding carboxylic acids is 1. The molecule has 0 aromatic heterocycles. The summed E-state index contributed by atoms with van der Waals surface area (Å²) in [5.41, 5.74) is 1.35. The minimum Gasteiger partial charge on any atom is -0.492 e. The van der Waals surface area contributed by atoms with Crippen molar-refractivity contribution in [2.45, 2.75) is 6.92 Å². The van der Waals surface area contributed by atoms with Crippen molar-refractivity contribution in [1.82, 2.24) is 4.90 Å². The van der Waals surface area contributed by atoms with E-state index in [0.29, 0.717) is 17.6 Å². The molecule has 2 aromatic carbocycles. The number of aryl methyl sites for hydroxylation is 1. The number of halogens is 2. The van der Waals surface area contributed by atoms with E-state index in [4.69, 9.17) is 4.74 Å². The summed E-state index contributed by atoms with van der Waals surface area (Å²) in [4.78, 5) is 13.8. The van der Waals surface area contributed by atoms with Gasteiger partial charge in [0.2, 0.25) is 5.91 Å². The number of anilines is 1. The third-order valence-electron chi connectivity index (χ3n) is 3.38. The molecule has 0 unspecified atom stereocenters. The molecule has 0 aliphatic carbocycles. The molecule has 0 spiro atoms. The van der Waals surface area contributed by atoms with Gasteiger partial charge in [-0.1, -0.05) is 33.6 Å². The van der Waals surface area contributed by atoms with Crippen LogP contribution in [-0.4, -0.2) is 37.6 Å². The zero-order valence-electron chi connectivity index (χ0n) is 13.7. The first kappa shape index (κ1) is 18.4. The molecule has 0 radical (unpaired) electrons. The minimum atomic E-state index is -0.469. The summed E-state index contributed by atoms with van der Waals surface area (Å²) in [7, 11) is 1.82. The fourth-order valence-electron chi connectivity index (χ4n) is 2.06. The summed E-state index contributed by atoms with van der Waals surface area (Å²) in [6.45, 7) is 3.24. The predicted molar refractivity (Wildman–Crippen MR) is 96.9 cm³/mol. The Morgan fingerprint density at radius 1 is 1.25 bits per heavy atom. The first-order valence-corrected chi connectivity index (χ1v) is 8.36. The topological polar surface area (TPSA) is 41.6 Å². The fourth-order valence-corrected chi connectivity index (χ4v) is 2.39. The molecule has 0 aliphatic rings. The second-order valence-corrected chi connectivity index (χ2v) is 6.49. The lowest BCUT2D eigenvalue weighted by atomic mass is 10.2. The fraction of sp³-hybridized carbons (Fsp3) is 0.278. The van der Waals surface area contributed by atoms with E-state index in [1.165, 1.54) is 17.7 Å². The van der Waals surface area contributed by atoms with Gasteiger partial charge in [-0.3, -0.25) is 9.69 Å². The van der Waals surface area contributed by atoms with E-state index in [-0.39, 0.29) is 18.1 Å². The quantitative estimate of drug-likeness (QED) is 0.775. The molecule has 2 rings (SSSR count). The van der Waals surface area contributed by atoms with Crippen LogP contribution >= 0.6 is 15.9 Å². The van der Waals surface area contributed by atoms with Crippen molar-refractivity contribution >= 4 is 27.5 Å². The minimum absolute atomic E-state index is 0.159. The van der Waals surface area contributed by atoms with Crippen molar-refractivity contribution in [3.05, 3.63) is 58.3 Å². The van der Waals surface area contributed by atoms with Gasteiger partial charge in [0.1, 0.15) is 18.2 Å². The van der Waals surface area contributed by atoms with Crippen molar-refractivity contribution in [3.63, 3.8) is 0 Å². The average molecular weight is 395 g/mol. The van der Waals surface area contributed by atoms with Crippen LogP contribution in [0.2, 0.25) is 0 Å². The number of carbonyl (C=O) groups is 1. The van der Waals surface area contributed by atoms with Crippen LogP contribution in [0.15, 0.2) is 46.9 Å². The van der Waals surface area contributed by atoms with Gasteiger partial charge < -0.3 is 10.1 Å². The number of nitrogens with one attached hydrogen (secondary N) is 1. The summed E-state index contributed by atoms with van der Waals surface area (Å²) >= 11 is 3.18. The molecule has 0 atom stereocenters. The third kappa shape index (κ3) is 5.94. The van der Waals surface area contributed by atoms with E-state index in [1.54, 1.807) is 6.07 Å². The molecular weight excluding hydrogens is 375 g/mol. The van der Waals surface area contributed by atoms with E-state index in [9.17, 15) is 9.18 Å². The van der Waals surface area contributed by atoms with Crippen LogP contribution < -0.4 is 10.1 Å². The first-order valence-electron chi connectivity index (χ1n) is 7.57. The summed E-state index contributed by atoms with van der Waals surface area (Å²) in [6.07, 6.45) is 0. The lowest BCUT2D eigenvalue weighted by Gasteiger charge is -2.17. The summed E-state index contributed by atoms with van der Waals surface area (Å²) < 4.78 is 19.9. The van der Waals surface area contributed by atoms with Gasteiger partial charge >= 0.3 is 0 Å². The molecule has 1 N–H and O–H groups in total. The molecule has 0 heterocycles. The van der Waals surface area contributed by atoms with Crippen LogP contribution in [0.4, 0.5) is 10.1 Å². The second kappa shape index (κ2) is 8.80. The smallest absolute Gasteiger partial charge is 0.238 e. The largest absolute Gasteiger partial charge is 0.492 e. The molecule has 0 bridgehead atoms. The van der Waals surface area contributed by atoms with E-state index in [2.05, 4.69) is 21.2 Å². The maximum atomic E-state index is 13.7. The highest BCUT2D eigenvalue weighted by atomic mass is 79.9. The van der Waals surface area contributed by atoms with Crippen LogP contribution in [0.25, 0.3) is 0 Å². The zero-order chi connectivity index (χ0) is 17.5. The molecule has 2 aromatic rings. The number of hydrogen-bond acceptors (Lipinski definition) is 3. The highest BCUT2D eigenvalue weighted by Gasteiger charge is 2.10. The van der Waals surface area contributed by atoms with Crippen molar-refractivity contribution in [1.29, 1.82) is 0 Å².